The van der Waals surface area contributed by atoms with Gasteiger partial charge in [-0.3, -0.25) is 10.1 Å². The van der Waals surface area contributed by atoms with Crippen LogP contribution in [0.1, 0.15) is 17.3 Å². The zero-order valence-electron chi connectivity index (χ0n) is 8.12. The standard InChI is InChI=1S/C10H10FNO3/c1-2-15-10(14)12-9(13)7-3-5-8(11)6-4-7/h3-6H,2H2,1H3,(H,12,13,14). The molecule has 0 aliphatic carbocycles. The highest BCUT2D eigenvalue weighted by atomic mass is 19.1. The fraction of sp³-hybridized carbons (Fsp3) is 0.200. The molecule has 1 aromatic carbocycles. The van der Waals surface area contributed by atoms with E-state index < -0.39 is 17.8 Å². The van der Waals surface area contributed by atoms with Gasteiger partial charge >= 0.3 is 6.09 Å². The SMILES string of the molecule is CCOC(=O)NC(=O)c1ccc(F)cc1. The summed E-state index contributed by atoms with van der Waals surface area (Å²) in [6, 6.07) is 4.84. The van der Waals surface area contributed by atoms with Crippen LogP contribution in [-0.4, -0.2) is 18.6 Å². The first-order valence-corrected chi connectivity index (χ1v) is 4.37. The maximum Gasteiger partial charge on any atom is 0.414 e. The van der Waals surface area contributed by atoms with Crippen molar-refractivity contribution in [3.63, 3.8) is 0 Å². The number of benzene rings is 1. The van der Waals surface area contributed by atoms with E-state index in [0.29, 0.717) is 0 Å². The molecule has 0 bridgehead atoms. The number of hydrogen-bond acceptors (Lipinski definition) is 3. The summed E-state index contributed by atoms with van der Waals surface area (Å²) in [4.78, 5) is 22.2. The number of amides is 2. The number of ether oxygens (including phenoxy) is 1. The van der Waals surface area contributed by atoms with Gasteiger partial charge < -0.3 is 4.74 Å². The van der Waals surface area contributed by atoms with Gasteiger partial charge in [-0.15, -0.1) is 0 Å². The summed E-state index contributed by atoms with van der Waals surface area (Å²) in [5.41, 5.74) is 0.199. The van der Waals surface area contributed by atoms with Crippen LogP contribution in [-0.2, 0) is 4.74 Å². The van der Waals surface area contributed by atoms with Crippen LogP contribution in [0.2, 0.25) is 0 Å². The minimum atomic E-state index is -0.813. The molecule has 0 aliphatic rings. The summed E-state index contributed by atoms with van der Waals surface area (Å²) in [5, 5.41) is 1.99. The van der Waals surface area contributed by atoms with Gasteiger partial charge in [0.15, 0.2) is 0 Å². The van der Waals surface area contributed by atoms with Crippen LogP contribution in [0.3, 0.4) is 0 Å². The fourth-order valence-corrected chi connectivity index (χ4v) is 0.933. The van der Waals surface area contributed by atoms with Crippen molar-refractivity contribution in [2.75, 3.05) is 6.61 Å². The van der Waals surface area contributed by atoms with Gasteiger partial charge in [-0.1, -0.05) is 0 Å². The van der Waals surface area contributed by atoms with E-state index in [-0.39, 0.29) is 12.2 Å². The molecule has 0 saturated heterocycles. The molecule has 5 heteroatoms. The lowest BCUT2D eigenvalue weighted by Gasteiger charge is -2.03. The van der Waals surface area contributed by atoms with E-state index in [2.05, 4.69) is 4.74 Å². The average Bonchev–Trinajstić information content (AvgIpc) is 2.18. The number of carbonyl (C=O) groups excluding carboxylic acids is 2. The molecule has 4 nitrogen and oxygen atoms in total. The topological polar surface area (TPSA) is 55.4 Å². The molecular formula is C10H10FNO3. The number of alkyl carbamates (subject to hydrolysis) is 1. The summed E-state index contributed by atoms with van der Waals surface area (Å²) in [6.07, 6.45) is -0.813. The minimum absolute atomic E-state index is 0.183. The van der Waals surface area contributed by atoms with Gasteiger partial charge in [0.25, 0.3) is 5.91 Å². The third-order valence-electron chi connectivity index (χ3n) is 1.60. The summed E-state index contributed by atoms with van der Waals surface area (Å²) >= 11 is 0. The molecule has 0 radical (unpaired) electrons. The third kappa shape index (κ3) is 3.38. The van der Waals surface area contributed by atoms with Gasteiger partial charge in [-0.05, 0) is 31.2 Å². The van der Waals surface area contributed by atoms with Crippen molar-refractivity contribution in [1.29, 1.82) is 0 Å². The van der Waals surface area contributed by atoms with Crippen molar-refractivity contribution in [3.8, 4) is 0 Å². The number of hydrogen-bond donors (Lipinski definition) is 1. The predicted octanol–water partition coefficient (Wildman–Crippen LogP) is 1.71. The Morgan fingerprint density at radius 2 is 1.93 bits per heavy atom. The molecular weight excluding hydrogens is 201 g/mol. The van der Waals surface area contributed by atoms with Crippen LogP contribution in [0.25, 0.3) is 0 Å². The fourth-order valence-electron chi connectivity index (χ4n) is 0.933. The Morgan fingerprint density at radius 3 is 2.47 bits per heavy atom. The van der Waals surface area contributed by atoms with Crippen molar-refractivity contribution in [2.24, 2.45) is 0 Å². The monoisotopic (exact) mass is 211 g/mol. The number of carbonyl (C=O) groups is 2. The Labute approximate surface area is 86.0 Å². The number of imide groups is 1. The van der Waals surface area contributed by atoms with Gasteiger partial charge in [0.2, 0.25) is 0 Å². The maximum absolute atomic E-state index is 12.5. The lowest BCUT2D eigenvalue weighted by atomic mass is 10.2. The molecule has 0 atom stereocenters. The first-order chi connectivity index (χ1) is 7.13. The molecule has 0 heterocycles. The molecule has 0 aromatic heterocycles. The predicted molar refractivity (Wildman–Crippen MR) is 50.9 cm³/mol. The van der Waals surface area contributed by atoms with Gasteiger partial charge in [0.1, 0.15) is 5.82 Å². The molecule has 0 saturated carbocycles. The third-order valence-corrected chi connectivity index (χ3v) is 1.60. The van der Waals surface area contributed by atoms with Crippen LogP contribution in [0.4, 0.5) is 9.18 Å². The molecule has 0 unspecified atom stereocenters. The van der Waals surface area contributed by atoms with E-state index in [1.54, 1.807) is 6.92 Å². The highest BCUT2D eigenvalue weighted by Gasteiger charge is 2.10. The molecule has 1 aromatic rings. The van der Waals surface area contributed by atoms with Crippen molar-refractivity contribution in [2.45, 2.75) is 6.92 Å². The van der Waals surface area contributed by atoms with Crippen LogP contribution < -0.4 is 5.32 Å². The van der Waals surface area contributed by atoms with Gasteiger partial charge in [0.05, 0.1) is 6.61 Å². The van der Waals surface area contributed by atoms with Crippen LogP contribution in [0.5, 0.6) is 0 Å². The number of nitrogens with one attached hydrogen (secondary N) is 1. The summed E-state index contributed by atoms with van der Waals surface area (Å²) in [5.74, 6) is -1.06. The van der Waals surface area contributed by atoms with Gasteiger partial charge in [0, 0.05) is 5.56 Å². The zero-order valence-corrected chi connectivity index (χ0v) is 8.12. The zero-order chi connectivity index (χ0) is 11.3. The van der Waals surface area contributed by atoms with Crippen molar-refractivity contribution in [1.82, 2.24) is 5.32 Å². The Balaban J connectivity index is 2.61. The normalized spacial score (nSPS) is 9.47. The van der Waals surface area contributed by atoms with E-state index >= 15 is 0 Å². The molecule has 1 N–H and O–H groups in total. The molecule has 0 spiro atoms. The van der Waals surface area contributed by atoms with Crippen LogP contribution >= 0.6 is 0 Å². The first-order valence-electron chi connectivity index (χ1n) is 4.37. The summed E-state index contributed by atoms with van der Waals surface area (Å²) in [7, 11) is 0. The molecule has 2 amide bonds. The first kappa shape index (κ1) is 11.2. The van der Waals surface area contributed by atoms with E-state index in [4.69, 9.17) is 0 Å². The molecule has 1 rings (SSSR count). The Kier molecular flexibility index (Phi) is 3.79. The van der Waals surface area contributed by atoms with Crippen LogP contribution in [0, 0.1) is 5.82 Å². The molecule has 80 valence electrons. The molecule has 0 aliphatic heterocycles. The highest BCUT2D eigenvalue weighted by Crippen LogP contribution is 2.02. The molecule has 15 heavy (non-hydrogen) atoms. The van der Waals surface area contributed by atoms with E-state index in [9.17, 15) is 14.0 Å². The van der Waals surface area contributed by atoms with Crippen molar-refractivity contribution in [3.05, 3.63) is 35.6 Å². The van der Waals surface area contributed by atoms with E-state index in [1.807, 2.05) is 5.32 Å². The van der Waals surface area contributed by atoms with Crippen molar-refractivity contribution < 1.29 is 18.7 Å². The average molecular weight is 211 g/mol. The second-order valence-electron chi connectivity index (χ2n) is 2.68. The number of rotatable bonds is 2. The highest BCUT2D eigenvalue weighted by molar-refractivity contribution is 6.02. The van der Waals surface area contributed by atoms with Crippen LogP contribution in [0.15, 0.2) is 24.3 Å². The second-order valence-corrected chi connectivity index (χ2v) is 2.68. The Hall–Kier alpha value is -1.91. The number of halogens is 1. The van der Waals surface area contributed by atoms with Gasteiger partial charge in [-0.2, -0.15) is 0 Å². The van der Waals surface area contributed by atoms with E-state index in [0.717, 1.165) is 12.1 Å². The quantitative estimate of drug-likeness (QED) is 0.810. The molecule has 0 fully saturated rings. The Morgan fingerprint density at radius 1 is 1.33 bits per heavy atom. The summed E-state index contributed by atoms with van der Waals surface area (Å²) < 4.78 is 17.0. The lowest BCUT2D eigenvalue weighted by Crippen LogP contribution is -2.30. The maximum atomic E-state index is 12.5. The minimum Gasteiger partial charge on any atom is -0.450 e. The summed E-state index contributed by atoms with van der Waals surface area (Å²) in [6.45, 7) is 1.81. The second kappa shape index (κ2) is 5.09. The van der Waals surface area contributed by atoms with Gasteiger partial charge in [-0.25, -0.2) is 9.18 Å². The van der Waals surface area contributed by atoms with E-state index in [1.165, 1.54) is 12.1 Å². The Bertz CT molecular complexity index is 361. The lowest BCUT2D eigenvalue weighted by molar-refractivity contribution is 0.0925. The largest absolute Gasteiger partial charge is 0.450 e. The van der Waals surface area contributed by atoms with Crippen molar-refractivity contribution >= 4 is 12.0 Å². The smallest absolute Gasteiger partial charge is 0.414 e.